The maximum atomic E-state index is 5.60. The van der Waals surface area contributed by atoms with Crippen LogP contribution in [0.4, 0.5) is 5.69 Å². The van der Waals surface area contributed by atoms with E-state index >= 15 is 0 Å². The normalized spacial score (nSPS) is 10.0. The molecule has 0 aliphatic rings. The molecule has 0 fully saturated rings. The fraction of sp³-hybridized carbons (Fsp3) is 0. The van der Waals surface area contributed by atoms with E-state index in [4.69, 9.17) is 10.2 Å². The lowest BCUT2D eigenvalue weighted by Crippen LogP contribution is -1.84. The largest absolute Gasteiger partial charge is 0.445 e. The molecule has 1 aromatic carbocycles. The van der Waals surface area contributed by atoms with Crippen molar-refractivity contribution in [3.8, 4) is 11.5 Å². The third-order valence-electron chi connectivity index (χ3n) is 1.57. The SMILES string of the molecule is Nc1cccc(-c2ncco2)c1. The van der Waals surface area contributed by atoms with E-state index in [-0.39, 0.29) is 0 Å². The number of anilines is 1. The molecule has 0 aliphatic heterocycles. The quantitative estimate of drug-likeness (QED) is 0.648. The molecular weight excluding hydrogens is 152 g/mol. The van der Waals surface area contributed by atoms with E-state index in [1.807, 2.05) is 24.3 Å². The molecule has 0 spiro atoms. The maximum absolute atomic E-state index is 5.60. The van der Waals surface area contributed by atoms with Crippen molar-refractivity contribution in [2.75, 3.05) is 5.73 Å². The molecule has 0 saturated heterocycles. The first-order chi connectivity index (χ1) is 5.86. The number of benzene rings is 1. The molecule has 0 aliphatic carbocycles. The van der Waals surface area contributed by atoms with Crippen LogP contribution in [0.5, 0.6) is 0 Å². The summed E-state index contributed by atoms with van der Waals surface area (Å²) in [4.78, 5) is 4.01. The number of hydrogen-bond acceptors (Lipinski definition) is 3. The van der Waals surface area contributed by atoms with E-state index in [0.29, 0.717) is 11.6 Å². The van der Waals surface area contributed by atoms with Crippen molar-refractivity contribution in [1.29, 1.82) is 0 Å². The van der Waals surface area contributed by atoms with Crippen molar-refractivity contribution in [2.45, 2.75) is 0 Å². The Kier molecular flexibility index (Phi) is 1.55. The van der Waals surface area contributed by atoms with E-state index in [1.165, 1.54) is 0 Å². The molecular formula is C9H8N2O. The summed E-state index contributed by atoms with van der Waals surface area (Å²) in [6.45, 7) is 0. The topological polar surface area (TPSA) is 52.0 Å². The zero-order chi connectivity index (χ0) is 8.39. The average Bonchev–Trinajstić information content (AvgIpc) is 2.56. The Labute approximate surface area is 69.8 Å². The molecule has 1 aromatic heterocycles. The zero-order valence-electron chi connectivity index (χ0n) is 6.40. The van der Waals surface area contributed by atoms with Gasteiger partial charge in [0.15, 0.2) is 0 Å². The summed E-state index contributed by atoms with van der Waals surface area (Å²) < 4.78 is 5.11. The number of rotatable bonds is 1. The van der Waals surface area contributed by atoms with Gasteiger partial charge in [0.2, 0.25) is 5.89 Å². The third kappa shape index (κ3) is 1.16. The third-order valence-corrected chi connectivity index (χ3v) is 1.57. The van der Waals surface area contributed by atoms with Crippen molar-refractivity contribution in [1.82, 2.24) is 4.98 Å². The van der Waals surface area contributed by atoms with E-state index in [1.54, 1.807) is 12.5 Å². The number of oxazole rings is 1. The van der Waals surface area contributed by atoms with Crippen LogP contribution >= 0.6 is 0 Å². The number of nitrogens with zero attached hydrogens (tertiary/aromatic N) is 1. The molecule has 3 nitrogen and oxygen atoms in total. The highest BCUT2D eigenvalue weighted by atomic mass is 16.3. The molecule has 0 saturated carbocycles. The molecule has 2 N–H and O–H groups in total. The monoisotopic (exact) mass is 160 g/mol. The Morgan fingerprint density at radius 1 is 1.33 bits per heavy atom. The van der Waals surface area contributed by atoms with Gasteiger partial charge in [-0.3, -0.25) is 0 Å². The van der Waals surface area contributed by atoms with Gasteiger partial charge in [-0.25, -0.2) is 4.98 Å². The Morgan fingerprint density at radius 2 is 2.25 bits per heavy atom. The van der Waals surface area contributed by atoms with Gasteiger partial charge in [0.25, 0.3) is 0 Å². The summed E-state index contributed by atoms with van der Waals surface area (Å²) in [6.07, 6.45) is 3.15. The molecule has 0 bridgehead atoms. The first-order valence-electron chi connectivity index (χ1n) is 3.62. The summed E-state index contributed by atoms with van der Waals surface area (Å²) in [6, 6.07) is 7.43. The first kappa shape index (κ1) is 6.91. The van der Waals surface area contributed by atoms with E-state index in [9.17, 15) is 0 Å². The van der Waals surface area contributed by atoms with Gasteiger partial charge >= 0.3 is 0 Å². The second-order valence-electron chi connectivity index (χ2n) is 2.46. The fourth-order valence-electron chi connectivity index (χ4n) is 1.04. The maximum Gasteiger partial charge on any atom is 0.225 e. The number of aromatic nitrogens is 1. The van der Waals surface area contributed by atoms with E-state index in [2.05, 4.69) is 4.98 Å². The van der Waals surface area contributed by atoms with Gasteiger partial charge in [0.05, 0.1) is 6.20 Å². The Morgan fingerprint density at radius 3 is 2.92 bits per heavy atom. The number of nitrogens with two attached hydrogens (primary N) is 1. The molecule has 0 unspecified atom stereocenters. The van der Waals surface area contributed by atoms with Crippen LogP contribution in [0, 0.1) is 0 Å². The van der Waals surface area contributed by atoms with Crippen LogP contribution in [0.3, 0.4) is 0 Å². The molecule has 3 heteroatoms. The van der Waals surface area contributed by atoms with Gasteiger partial charge in [-0.1, -0.05) is 6.07 Å². The van der Waals surface area contributed by atoms with Gasteiger partial charge in [-0.15, -0.1) is 0 Å². The van der Waals surface area contributed by atoms with Crippen LogP contribution in [-0.2, 0) is 0 Å². The molecule has 2 aromatic rings. The van der Waals surface area contributed by atoms with Crippen LogP contribution in [0.15, 0.2) is 41.1 Å². The molecule has 60 valence electrons. The number of hydrogen-bond donors (Lipinski definition) is 1. The summed E-state index contributed by atoms with van der Waals surface area (Å²) in [7, 11) is 0. The molecule has 0 atom stereocenters. The van der Waals surface area contributed by atoms with Gasteiger partial charge in [0.1, 0.15) is 6.26 Å². The highest BCUT2D eigenvalue weighted by Gasteiger charge is 2.00. The highest BCUT2D eigenvalue weighted by molar-refractivity contribution is 5.59. The van der Waals surface area contributed by atoms with Crippen LogP contribution in [0.2, 0.25) is 0 Å². The second-order valence-corrected chi connectivity index (χ2v) is 2.46. The van der Waals surface area contributed by atoms with Crippen LogP contribution in [-0.4, -0.2) is 4.98 Å². The van der Waals surface area contributed by atoms with Gasteiger partial charge < -0.3 is 10.2 Å². The highest BCUT2D eigenvalue weighted by Crippen LogP contribution is 2.18. The van der Waals surface area contributed by atoms with Crippen molar-refractivity contribution in [2.24, 2.45) is 0 Å². The average molecular weight is 160 g/mol. The van der Waals surface area contributed by atoms with Crippen molar-refractivity contribution in [3.63, 3.8) is 0 Å². The minimum absolute atomic E-state index is 0.599. The zero-order valence-corrected chi connectivity index (χ0v) is 6.40. The van der Waals surface area contributed by atoms with Crippen molar-refractivity contribution in [3.05, 3.63) is 36.7 Å². The van der Waals surface area contributed by atoms with Crippen LogP contribution in [0.1, 0.15) is 0 Å². The lowest BCUT2D eigenvalue weighted by molar-refractivity contribution is 0.574. The minimum atomic E-state index is 0.599. The summed E-state index contributed by atoms with van der Waals surface area (Å²) in [5.74, 6) is 0.599. The Bertz CT molecular complexity index is 368. The fourth-order valence-corrected chi connectivity index (χ4v) is 1.04. The summed E-state index contributed by atoms with van der Waals surface area (Å²) >= 11 is 0. The molecule has 12 heavy (non-hydrogen) atoms. The van der Waals surface area contributed by atoms with E-state index < -0.39 is 0 Å². The van der Waals surface area contributed by atoms with Gasteiger partial charge in [0, 0.05) is 11.3 Å². The standard InChI is InChI=1S/C9H8N2O/c10-8-3-1-2-7(6-8)9-11-4-5-12-9/h1-6H,10H2. The predicted molar refractivity (Wildman–Crippen MR) is 46.4 cm³/mol. The molecule has 1 heterocycles. The second kappa shape index (κ2) is 2.70. The summed E-state index contributed by atoms with van der Waals surface area (Å²) in [5, 5.41) is 0. The van der Waals surface area contributed by atoms with Gasteiger partial charge in [-0.05, 0) is 18.2 Å². The predicted octanol–water partition coefficient (Wildman–Crippen LogP) is 1.92. The minimum Gasteiger partial charge on any atom is -0.445 e. The van der Waals surface area contributed by atoms with Crippen molar-refractivity contribution < 1.29 is 4.42 Å². The molecule has 2 rings (SSSR count). The van der Waals surface area contributed by atoms with E-state index in [0.717, 1.165) is 5.56 Å². The lowest BCUT2D eigenvalue weighted by atomic mass is 10.2. The first-order valence-corrected chi connectivity index (χ1v) is 3.62. The smallest absolute Gasteiger partial charge is 0.225 e. The lowest BCUT2D eigenvalue weighted by Gasteiger charge is -1.95. The van der Waals surface area contributed by atoms with Crippen LogP contribution < -0.4 is 5.73 Å². The summed E-state index contributed by atoms with van der Waals surface area (Å²) in [5.41, 5.74) is 7.21. The van der Waals surface area contributed by atoms with Gasteiger partial charge in [-0.2, -0.15) is 0 Å². The van der Waals surface area contributed by atoms with Crippen molar-refractivity contribution >= 4 is 5.69 Å². The van der Waals surface area contributed by atoms with Crippen LogP contribution in [0.25, 0.3) is 11.5 Å². The number of nitrogen functional groups attached to an aromatic ring is 1. The molecule has 0 amide bonds. The molecule has 0 radical (unpaired) electrons. The Hall–Kier alpha value is -1.77. The Balaban J connectivity index is 2.48.